The highest BCUT2D eigenvalue weighted by molar-refractivity contribution is 5.78. The van der Waals surface area contributed by atoms with Crippen LogP contribution in [-0.4, -0.2) is 18.6 Å². The van der Waals surface area contributed by atoms with E-state index in [1.807, 2.05) is 12.1 Å². The van der Waals surface area contributed by atoms with Gasteiger partial charge in [-0.05, 0) is 31.4 Å². The first-order chi connectivity index (χ1) is 8.75. The summed E-state index contributed by atoms with van der Waals surface area (Å²) < 4.78 is 5.39. The van der Waals surface area contributed by atoms with Crippen LogP contribution in [0.25, 0.3) is 0 Å². The maximum atomic E-state index is 11.7. The number of benzene rings is 1. The number of rotatable bonds is 4. The van der Waals surface area contributed by atoms with Crippen LogP contribution in [-0.2, 0) is 4.79 Å². The summed E-state index contributed by atoms with van der Waals surface area (Å²) in [6, 6.07) is 7.40. The molecule has 0 saturated carbocycles. The molecular formula is C14H18N2O2. The summed E-state index contributed by atoms with van der Waals surface area (Å²) in [5.74, 6) is 0.453. The van der Waals surface area contributed by atoms with Gasteiger partial charge in [-0.2, -0.15) is 0 Å². The van der Waals surface area contributed by atoms with Crippen LogP contribution < -0.4 is 15.8 Å². The average Bonchev–Trinajstić information content (AvgIpc) is 2.39. The van der Waals surface area contributed by atoms with Crippen molar-refractivity contribution in [1.82, 2.24) is 5.32 Å². The number of nitrogen functional groups attached to an aromatic ring is 1. The van der Waals surface area contributed by atoms with Crippen LogP contribution in [0, 0.1) is 0 Å². The number of hydrogen-bond acceptors (Lipinski definition) is 3. The molecule has 0 aromatic heterocycles. The zero-order chi connectivity index (χ0) is 12.8. The van der Waals surface area contributed by atoms with E-state index >= 15 is 0 Å². The Bertz CT molecular complexity index is 443. The highest BCUT2D eigenvalue weighted by atomic mass is 16.5. The van der Waals surface area contributed by atoms with E-state index in [2.05, 4.69) is 17.5 Å². The second-order valence-corrected chi connectivity index (χ2v) is 4.38. The average molecular weight is 246 g/mol. The number of hydrogen-bond donors (Lipinski definition) is 2. The smallest absolute Gasteiger partial charge is 0.258 e. The Balaban J connectivity index is 1.78. The highest BCUT2D eigenvalue weighted by Crippen LogP contribution is 2.19. The topological polar surface area (TPSA) is 64.3 Å². The van der Waals surface area contributed by atoms with Crippen LogP contribution in [0.5, 0.6) is 5.75 Å². The summed E-state index contributed by atoms with van der Waals surface area (Å²) >= 11 is 0. The summed E-state index contributed by atoms with van der Waals surface area (Å²) in [5.41, 5.74) is 6.27. The fraction of sp³-hybridized carbons (Fsp3) is 0.357. The maximum absolute atomic E-state index is 11.7. The summed E-state index contributed by atoms with van der Waals surface area (Å²) in [6.07, 6.45) is 7.17. The van der Waals surface area contributed by atoms with Gasteiger partial charge in [0.15, 0.2) is 6.61 Å². The zero-order valence-corrected chi connectivity index (χ0v) is 10.3. The molecule has 4 heteroatoms. The number of nitrogens with one attached hydrogen (secondary N) is 1. The molecule has 0 fully saturated rings. The number of carbonyl (C=O) groups is 1. The third-order valence-corrected chi connectivity index (χ3v) is 2.91. The van der Waals surface area contributed by atoms with Crippen molar-refractivity contribution in [3.05, 3.63) is 36.4 Å². The van der Waals surface area contributed by atoms with Gasteiger partial charge in [0.25, 0.3) is 5.91 Å². The van der Waals surface area contributed by atoms with Crippen LogP contribution in [0.3, 0.4) is 0 Å². The van der Waals surface area contributed by atoms with E-state index in [0.29, 0.717) is 11.4 Å². The van der Waals surface area contributed by atoms with E-state index < -0.39 is 0 Å². The number of allylic oxidation sites excluding steroid dienone is 1. The Kier molecular flexibility index (Phi) is 4.23. The standard InChI is InChI=1S/C14H18N2O2/c15-12-8-4-5-9-13(12)18-10-14(17)16-11-6-2-1-3-7-11/h1-2,4-5,8-9,11H,3,6-7,10,15H2,(H,16,17). The van der Waals surface area contributed by atoms with Crippen molar-refractivity contribution >= 4 is 11.6 Å². The van der Waals surface area contributed by atoms with Gasteiger partial charge in [-0.3, -0.25) is 4.79 Å². The fourth-order valence-corrected chi connectivity index (χ4v) is 1.95. The Morgan fingerprint density at radius 3 is 2.94 bits per heavy atom. The summed E-state index contributed by atoms with van der Waals surface area (Å²) in [5, 5.41) is 2.95. The van der Waals surface area contributed by atoms with Crippen LogP contribution >= 0.6 is 0 Å². The molecule has 1 aliphatic rings. The Labute approximate surface area is 107 Å². The van der Waals surface area contributed by atoms with Crippen molar-refractivity contribution in [2.45, 2.75) is 25.3 Å². The van der Waals surface area contributed by atoms with Crippen molar-refractivity contribution in [1.29, 1.82) is 0 Å². The lowest BCUT2D eigenvalue weighted by molar-refractivity contribution is -0.123. The molecule has 1 unspecified atom stereocenters. The molecule has 1 aromatic carbocycles. The van der Waals surface area contributed by atoms with E-state index in [9.17, 15) is 4.79 Å². The van der Waals surface area contributed by atoms with Crippen molar-refractivity contribution < 1.29 is 9.53 Å². The van der Waals surface area contributed by atoms with E-state index in [1.165, 1.54) is 0 Å². The Morgan fingerprint density at radius 2 is 2.22 bits per heavy atom. The normalized spacial score (nSPS) is 18.3. The molecule has 0 heterocycles. The molecule has 0 bridgehead atoms. The maximum Gasteiger partial charge on any atom is 0.258 e. The van der Waals surface area contributed by atoms with Crippen molar-refractivity contribution in [2.75, 3.05) is 12.3 Å². The molecule has 1 amide bonds. The molecular weight excluding hydrogens is 228 g/mol. The number of ether oxygens (including phenoxy) is 1. The quantitative estimate of drug-likeness (QED) is 0.629. The first-order valence-electron chi connectivity index (χ1n) is 6.17. The molecule has 4 nitrogen and oxygen atoms in total. The van der Waals surface area contributed by atoms with Gasteiger partial charge in [0.05, 0.1) is 5.69 Å². The first kappa shape index (κ1) is 12.5. The minimum Gasteiger partial charge on any atom is -0.482 e. The Morgan fingerprint density at radius 1 is 1.39 bits per heavy atom. The molecule has 0 saturated heterocycles. The van der Waals surface area contributed by atoms with Gasteiger partial charge in [0.1, 0.15) is 5.75 Å². The van der Waals surface area contributed by atoms with Gasteiger partial charge in [-0.1, -0.05) is 24.3 Å². The molecule has 96 valence electrons. The van der Waals surface area contributed by atoms with Crippen molar-refractivity contribution in [3.8, 4) is 5.75 Å². The lowest BCUT2D eigenvalue weighted by Crippen LogP contribution is -2.38. The van der Waals surface area contributed by atoms with Gasteiger partial charge >= 0.3 is 0 Å². The predicted octanol–water partition coefficient (Wildman–Crippen LogP) is 1.87. The minimum absolute atomic E-state index is 0.00836. The monoisotopic (exact) mass is 246 g/mol. The van der Waals surface area contributed by atoms with Crippen LogP contribution in [0.4, 0.5) is 5.69 Å². The van der Waals surface area contributed by atoms with Crippen molar-refractivity contribution in [3.63, 3.8) is 0 Å². The molecule has 0 radical (unpaired) electrons. The molecule has 0 spiro atoms. The van der Waals surface area contributed by atoms with E-state index in [-0.39, 0.29) is 18.6 Å². The number of nitrogens with two attached hydrogens (primary N) is 1. The molecule has 18 heavy (non-hydrogen) atoms. The Hall–Kier alpha value is -1.97. The number of carbonyl (C=O) groups excluding carboxylic acids is 1. The van der Waals surface area contributed by atoms with Crippen molar-refractivity contribution in [2.24, 2.45) is 0 Å². The van der Waals surface area contributed by atoms with Gasteiger partial charge in [-0.15, -0.1) is 0 Å². The third kappa shape index (κ3) is 3.52. The highest BCUT2D eigenvalue weighted by Gasteiger charge is 2.13. The second kappa shape index (κ2) is 6.10. The fourth-order valence-electron chi connectivity index (χ4n) is 1.95. The second-order valence-electron chi connectivity index (χ2n) is 4.38. The van der Waals surface area contributed by atoms with Gasteiger partial charge < -0.3 is 15.8 Å². The number of amides is 1. The van der Waals surface area contributed by atoms with Crippen LogP contribution in [0.15, 0.2) is 36.4 Å². The molecule has 0 aliphatic heterocycles. The summed E-state index contributed by atoms with van der Waals surface area (Å²) in [6.45, 7) is 0.00836. The molecule has 2 rings (SSSR count). The lowest BCUT2D eigenvalue weighted by Gasteiger charge is -2.19. The predicted molar refractivity (Wildman–Crippen MR) is 71.3 cm³/mol. The number of para-hydroxylation sites is 2. The van der Waals surface area contributed by atoms with E-state index in [1.54, 1.807) is 12.1 Å². The van der Waals surface area contributed by atoms with Crippen LogP contribution in [0.1, 0.15) is 19.3 Å². The molecule has 1 aromatic rings. The minimum atomic E-state index is -0.0986. The summed E-state index contributed by atoms with van der Waals surface area (Å²) in [7, 11) is 0. The van der Waals surface area contributed by atoms with Gasteiger partial charge in [0.2, 0.25) is 0 Å². The zero-order valence-electron chi connectivity index (χ0n) is 10.3. The lowest BCUT2D eigenvalue weighted by atomic mass is 10.0. The van der Waals surface area contributed by atoms with Gasteiger partial charge in [0, 0.05) is 6.04 Å². The molecule has 3 N–H and O–H groups in total. The van der Waals surface area contributed by atoms with Gasteiger partial charge in [-0.25, -0.2) is 0 Å². The molecule has 1 atom stereocenters. The van der Waals surface area contributed by atoms with Crippen LogP contribution in [0.2, 0.25) is 0 Å². The first-order valence-corrected chi connectivity index (χ1v) is 6.17. The molecule has 1 aliphatic carbocycles. The third-order valence-electron chi connectivity index (χ3n) is 2.91. The summed E-state index contributed by atoms with van der Waals surface area (Å²) in [4.78, 5) is 11.7. The number of anilines is 1. The van der Waals surface area contributed by atoms with E-state index in [4.69, 9.17) is 10.5 Å². The largest absolute Gasteiger partial charge is 0.482 e. The van der Waals surface area contributed by atoms with E-state index in [0.717, 1.165) is 19.3 Å². The SMILES string of the molecule is Nc1ccccc1OCC(=O)NC1CC=CCC1.